The number of hydrogen-bond donors (Lipinski definition) is 2. The zero-order chi connectivity index (χ0) is 16.1. The van der Waals surface area contributed by atoms with E-state index < -0.39 is 0 Å². The van der Waals surface area contributed by atoms with Gasteiger partial charge in [-0.2, -0.15) is 0 Å². The van der Waals surface area contributed by atoms with Gasteiger partial charge in [0.05, 0.1) is 0 Å². The number of urea groups is 1. The Morgan fingerprint density at radius 1 is 1.41 bits per heavy atom. The highest BCUT2D eigenvalue weighted by atomic mass is 35.5. The van der Waals surface area contributed by atoms with Gasteiger partial charge < -0.3 is 15.5 Å². The Balaban J connectivity index is 1.80. The van der Waals surface area contributed by atoms with Gasteiger partial charge >= 0.3 is 6.03 Å². The fraction of sp³-hybridized carbons (Fsp3) is 0.588. The standard InChI is InChI=1S/C17H26ClN3O/c1-12(2)9-19-17(22)20-10-14-6-7-21(11-14)16-8-15(18)5-4-13(16)3/h4-5,8,12,14H,6-7,9-11H2,1-3H3,(H2,19,20,22). The number of aryl methyl sites for hydroxylation is 1. The molecule has 1 aliphatic heterocycles. The molecule has 1 aromatic carbocycles. The lowest BCUT2D eigenvalue weighted by molar-refractivity contribution is 0.238. The Labute approximate surface area is 138 Å². The zero-order valence-electron chi connectivity index (χ0n) is 13.7. The second-order valence-corrected chi connectivity index (χ2v) is 6.95. The summed E-state index contributed by atoms with van der Waals surface area (Å²) < 4.78 is 0. The second-order valence-electron chi connectivity index (χ2n) is 6.52. The third-order valence-corrected chi connectivity index (χ3v) is 4.25. The molecule has 0 radical (unpaired) electrons. The number of rotatable bonds is 5. The van der Waals surface area contributed by atoms with Gasteiger partial charge in [-0.15, -0.1) is 0 Å². The molecule has 0 aromatic heterocycles. The van der Waals surface area contributed by atoms with E-state index in [4.69, 9.17) is 11.6 Å². The minimum Gasteiger partial charge on any atom is -0.371 e. The monoisotopic (exact) mass is 323 g/mol. The van der Waals surface area contributed by atoms with Gasteiger partial charge in [0.1, 0.15) is 0 Å². The van der Waals surface area contributed by atoms with Crippen LogP contribution in [0, 0.1) is 18.8 Å². The first kappa shape index (κ1) is 16.9. The highest BCUT2D eigenvalue weighted by Crippen LogP contribution is 2.29. The van der Waals surface area contributed by atoms with Crippen molar-refractivity contribution < 1.29 is 4.79 Å². The maximum atomic E-state index is 11.7. The summed E-state index contributed by atoms with van der Waals surface area (Å²) in [5.41, 5.74) is 2.45. The molecule has 0 bridgehead atoms. The van der Waals surface area contributed by atoms with Crippen molar-refractivity contribution in [2.45, 2.75) is 27.2 Å². The van der Waals surface area contributed by atoms with E-state index in [1.54, 1.807) is 0 Å². The van der Waals surface area contributed by atoms with Crippen LogP contribution < -0.4 is 15.5 Å². The molecular formula is C17H26ClN3O. The number of carbonyl (C=O) groups excluding carboxylic acids is 1. The highest BCUT2D eigenvalue weighted by Gasteiger charge is 2.24. The van der Waals surface area contributed by atoms with Crippen LogP contribution in [0.3, 0.4) is 0 Å². The number of halogens is 1. The molecule has 1 aromatic rings. The van der Waals surface area contributed by atoms with E-state index in [0.717, 1.165) is 31.1 Å². The van der Waals surface area contributed by atoms with Crippen LogP contribution in [0.4, 0.5) is 10.5 Å². The van der Waals surface area contributed by atoms with Gasteiger partial charge in [-0.25, -0.2) is 4.79 Å². The van der Waals surface area contributed by atoms with Gasteiger partial charge in [0.15, 0.2) is 0 Å². The predicted octanol–water partition coefficient (Wildman–Crippen LogP) is 3.43. The molecule has 1 saturated heterocycles. The summed E-state index contributed by atoms with van der Waals surface area (Å²) in [5.74, 6) is 0.960. The summed E-state index contributed by atoms with van der Waals surface area (Å²) in [6.45, 7) is 9.69. The lowest BCUT2D eigenvalue weighted by Gasteiger charge is -2.21. The molecule has 1 aliphatic rings. The van der Waals surface area contributed by atoms with Gasteiger partial charge in [0, 0.05) is 36.9 Å². The summed E-state index contributed by atoms with van der Waals surface area (Å²) >= 11 is 6.10. The van der Waals surface area contributed by atoms with E-state index in [1.807, 2.05) is 12.1 Å². The molecule has 2 rings (SSSR count). The van der Waals surface area contributed by atoms with Crippen LogP contribution in [0.2, 0.25) is 5.02 Å². The molecule has 4 nitrogen and oxygen atoms in total. The highest BCUT2D eigenvalue weighted by molar-refractivity contribution is 6.30. The summed E-state index contributed by atoms with van der Waals surface area (Å²) in [5, 5.41) is 6.63. The van der Waals surface area contributed by atoms with Gasteiger partial charge in [0.25, 0.3) is 0 Å². The van der Waals surface area contributed by atoms with E-state index in [2.05, 4.69) is 42.4 Å². The lowest BCUT2D eigenvalue weighted by Crippen LogP contribution is -2.40. The number of amides is 2. The Bertz CT molecular complexity index is 519. The van der Waals surface area contributed by atoms with E-state index in [0.29, 0.717) is 18.4 Å². The molecule has 1 unspecified atom stereocenters. The molecule has 22 heavy (non-hydrogen) atoms. The minimum atomic E-state index is -0.0638. The Hall–Kier alpha value is -1.42. The molecule has 1 atom stereocenters. The van der Waals surface area contributed by atoms with Crippen molar-refractivity contribution in [2.24, 2.45) is 11.8 Å². The van der Waals surface area contributed by atoms with Crippen LogP contribution in [0.5, 0.6) is 0 Å². The molecule has 1 heterocycles. The molecule has 122 valence electrons. The number of nitrogens with zero attached hydrogens (tertiary/aromatic N) is 1. The van der Waals surface area contributed by atoms with Gasteiger partial charge in [-0.1, -0.05) is 31.5 Å². The largest absolute Gasteiger partial charge is 0.371 e. The fourth-order valence-electron chi connectivity index (χ4n) is 2.74. The molecule has 1 fully saturated rings. The summed E-state index contributed by atoms with van der Waals surface area (Å²) in [4.78, 5) is 14.1. The fourth-order valence-corrected chi connectivity index (χ4v) is 2.90. The van der Waals surface area contributed by atoms with Gasteiger partial charge in [0.2, 0.25) is 0 Å². The third kappa shape index (κ3) is 4.80. The first-order chi connectivity index (χ1) is 10.5. The lowest BCUT2D eigenvalue weighted by atomic mass is 10.1. The van der Waals surface area contributed by atoms with E-state index in [1.165, 1.54) is 11.3 Å². The van der Waals surface area contributed by atoms with Crippen molar-refractivity contribution >= 4 is 23.3 Å². The number of hydrogen-bond acceptors (Lipinski definition) is 2. The molecular weight excluding hydrogens is 298 g/mol. The maximum Gasteiger partial charge on any atom is 0.314 e. The Morgan fingerprint density at radius 2 is 2.18 bits per heavy atom. The second kappa shape index (κ2) is 7.73. The Kier molecular flexibility index (Phi) is 5.95. The van der Waals surface area contributed by atoms with E-state index in [9.17, 15) is 4.79 Å². The van der Waals surface area contributed by atoms with Crippen LogP contribution >= 0.6 is 11.6 Å². The average Bonchev–Trinajstić information content (AvgIpc) is 2.94. The van der Waals surface area contributed by atoms with Crippen molar-refractivity contribution in [3.63, 3.8) is 0 Å². The number of carbonyl (C=O) groups is 1. The summed E-state index contributed by atoms with van der Waals surface area (Å²) in [6.07, 6.45) is 1.09. The molecule has 2 amide bonds. The van der Waals surface area contributed by atoms with Gasteiger partial charge in [-0.05, 0) is 42.9 Å². The summed E-state index contributed by atoms with van der Waals surface area (Å²) in [6, 6.07) is 5.95. The number of anilines is 1. The Morgan fingerprint density at radius 3 is 2.91 bits per heavy atom. The van der Waals surface area contributed by atoms with Crippen LogP contribution in [0.25, 0.3) is 0 Å². The minimum absolute atomic E-state index is 0.0638. The molecule has 2 N–H and O–H groups in total. The van der Waals surface area contributed by atoms with Crippen LogP contribution in [0.15, 0.2) is 18.2 Å². The molecule has 0 saturated carbocycles. The molecule has 0 spiro atoms. The van der Waals surface area contributed by atoms with Crippen molar-refractivity contribution in [1.82, 2.24) is 10.6 Å². The van der Waals surface area contributed by atoms with E-state index >= 15 is 0 Å². The zero-order valence-corrected chi connectivity index (χ0v) is 14.4. The first-order valence-electron chi connectivity index (χ1n) is 7.98. The summed E-state index contributed by atoms with van der Waals surface area (Å²) in [7, 11) is 0. The normalized spacial score (nSPS) is 17.9. The smallest absolute Gasteiger partial charge is 0.314 e. The SMILES string of the molecule is Cc1ccc(Cl)cc1N1CCC(CNC(=O)NCC(C)C)C1. The number of benzene rings is 1. The van der Waals surface area contributed by atoms with Crippen molar-refractivity contribution in [1.29, 1.82) is 0 Å². The van der Waals surface area contributed by atoms with Crippen LogP contribution in [-0.4, -0.2) is 32.2 Å². The maximum absolute atomic E-state index is 11.7. The van der Waals surface area contributed by atoms with Crippen molar-refractivity contribution in [3.05, 3.63) is 28.8 Å². The average molecular weight is 324 g/mol. The topological polar surface area (TPSA) is 44.4 Å². The van der Waals surface area contributed by atoms with Crippen molar-refractivity contribution in [2.75, 3.05) is 31.1 Å². The molecule has 0 aliphatic carbocycles. The first-order valence-corrected chi connectivity index (χ1v) is 8.36. The quantitative estimate of drug-likeness (QED) is 0.872. The predicted molar refractivity (Wildman–Crippen MR) is 92.7 cm³/mol. The number of nitrogens with one attached hydrogen (secondary N) is 2. The molecule has 5 heteroatoms. The van der Waals surface area contributed by atoms with Crippen LogP contribution in [-0.2, 0) is 0 Å². The third-order valence-electron chi connectivity index (χ3n) is 4.02. The van der Waals surface area contributed by atoms with Gasteiger partial charge in [-0.3, -0.25) is 0 Å². The van der Waals surface area contributed by atoms with Crippen LogP contribution in [0.1, 0.15) is 25.8 Å². The van der Waals surface area contributed by atoms with E-state index in [-0.39, 0.29) is 6.03 Å². The van der Waals surface area contributed by atoms with Crippen molar-refractivity contribution in [3.8, 4) is 0 Å².